The molecule has 0 bridgehead atoms. The Kier molecular flexibility index (Phi) is 9.99. The molecule has 0 aliphatic rings. The maximum Gasteiger partial charge on any atom is 0.226 e. The minimum atomic E-state index is 0. The fourth-order valence-electron chi connectivity index (χ4n) is 2.64. The Morgan fingerprint density at radius 2 is 1.77 bits per heavy atom. The first-order valence-corrected chi connectivity index (χ1v) is 9.49. The van der Waals surface area contributed by atoms with Gasteiger partial charge in [-0.3, -0.25) is 4.99 Å². The van der Waals surface area contributed by atoms with Gasteiger partial charge in [-0.15, -0.1) is 24.0 Å². The van der Waals surface area contributed by atoms with E-state index in [-0.39, 0.29) is 24.0 Å². The van der Waals surface area contributed by atoms with E-state index in [0.29, 0.717) is 25.0 Å². The van der Waals surface area contributed by atoms with Crippen LogP contribution in [0.25, 0.3) is 11.5 Å². The van der Waals surface area contributed by atoms with E-state index in [4.69, 9.17) is 13.9 Å². The van der Waals surface area contributed by atoms with E-state index in [2.05, 4.69) is 20.6 Å². The maximum absolute atomic E-state index is 5.72. The maximum atomic E-state index is 5.72. The van der Waals surface area contributed by atoms with Crippen molar-refractivity contribution in [1.82, 2.24) is 15.6 Å². The van der Waals surface area contributed by atoms with E-state index in [1.807, 2.05) is 54.6 Å². The van der Waals surface area contributed by atoms with Crippen LogP contribution in [0, 0.1) is 0 Å². The summed E-state index contributed by atoms with van der Waals surface area (Å²) in [6.45, 7) is 1.88. The van der Waals surface area contributed by atoms with Gasteiger partial charge in [-0.25, -0.2) is 4.98 Å². The van der Waals surface area contributed by atoms with Gasteiger partial charge in [0, 0.05) is 19.2 Å². The van der Waals surface area contributed by atoms with E-state index in [0.717, 1.165) is 35.7 Å². The number of aliphatic imine (C=N–C) groups is 1. The van der Waals surface area contributed by atoms with Gasteiger partial charge in [-0.2, -0.15) is 0 Å². The highest BCUT2D eigenvalue weighted by Gasteiger charge is 2.07. The molecule has 0 spiro atoms. The van der Waals surface area contributed by atoms with Crippen LogP contribution in [0.2, 0.25) is 0 Å². The first kappa shape index (κ1) is 23.5. The van der Waals surface area contributed by atoms with Crippen molar-refractivity contribution >= 4 is 29.9 Å². The fourth-order valence-corrected chi connectivity index (χ4v) is 2.64. The number of hydrogen-bond acceptors (Lipinski definition) is 5. The van der Waals surface area contributed by atoms with Crippen LogP contribution >= 0.6 is 24.0 Å². The van der Waals surface area contributed by atoms with Crippen molar-refractivity contribution in [2.24, 2.45) is 4.99 Å². The summed E-state index contributed by atoms with van der Waals surface area (Å²) in [7, 11) is 3.38. The van der Waals surface area contributed by atoms with Crippen molar-refractivity contribution in [1.29, 1.82) is 0 Å². The number of halogens is 1. The van der Waals surface area contributed by atoms with Gasteiger partial charge in [0.1, 0.15) is 17.8 Å². The van der Waals surface area contributed by atoms with Gasteiger partial charge in [0.05, 0.1) is 26.0 Å². The second-order valence-corrected chi connectivity index (χ2v) is 6.24. The summed E-state index contributed by atoms with van der Waals surface area (Å²) >= 11 is 0. The van der Waals surface area contributed by atoms with Gasteiger partial charge >= 0.3 is 0 Å². The molecule has 0 amide bonds. The largest absolute Gasteiger partial charge is 0.497 e. The molecule has 2 N–H and O–H groups in total. The predicted octanol–water partition coefficient (Wildman–Crippen LogP) is 4.10. The van der Waals surface area contributed by atoms with Gasteiger partial charge in [0.25, 0.3) is 0 Å². The monoisotopic (exact) mass is 522 g/mol. The predicted molar refractivity (Wildman–Crippen MR) is 129 cm³/mol. The summed E-state index contributed by atoms with van der Waals surface area (Å²) in [5.74, 6) is 2.96. The highest BCUT2D eigenvalue weighted by atomic mass is 127. The lowest BCUT2D eigenvalue weighted by Gasteiger charge is -2.11. The molecule has 0 fully saturated rings. The van der Waals surface area contributed by atoms with Crippen LogP contribution in [-0.4, -0.2) is 38.3 Å². The average Bonchev–Trinajstić information content (AvgIpc) is 3.26. The summed E-state index contributed by atoms with van der Waals surface area (Å²) in [5.41, 5.74) is 1.77. The molecule has 0 atom stereocenters. The lowest BCUT2D eigenvalue weighted by atomic mass is 10.2. The molecule has 0 unspecified atom stereocenters. The molecule has 1 aromatic heterocycles. The van der Waals surface area contributed by atoms with E-state index < -0.39 is 0 Å². The minimum absolute atomic E-state index is 0. The number of aromatic nitrogens is 1. The molecule has 7 nitrogen and oxygen atoms in total. The lowest BCUT2D eigenvalue weighted by molar-refractivity contribution is 0.310. The normalized spacial score (nSPS) is 10.8. The second-order valence-electron chi connectivity index (χ2n) is 6.24. The van der Waals surface area contributed by atoms with Crippen molar-refractivity contribution in [3.05, 3.63) is 66.6 Å². The number of oxazole rings is 1. The zero-order valence-corrected chi connectivity index (χ0v) is 19.5. The number of rotatable bonds is 9. The fraction of sp³-hybridized carbons (Fsp3) is 0.273. The topological polar surface area (TPSA) is 80.9 Å². The number of methoxy groups -OCH3 is 1. The average molecular weight is 522 g/mol. The summed E-state index contributed by atoms with van der Waals surface area (Å²) in [6, 6.07) is 17.4. The summed E-state index contributed by atoms with van der Waals surface area (Å²) in [4.78, 5) is 8.73. The molecule has 2 aromatic carbocycles. The number of nitrogens with one attached hydrogen (secondary N) is 2. The third-order valence-corrected chi connectivity index (χ3v) is 4.17. The van der Waals surface area contributed by atoms with Crippen LogP contribution in [0.5, 0.6) is 11.5 Å². The standard InChI is InChI=1S/C22H26N4O3.HI/c1-23-22(24-13-6-14-28-20-11-9-19(27-2)10-12-20)25-15-18-16-29-21(26-18)17-7-4-3-5-8-17;/h3-5,7-12,16H,6,13-15H2,1-2H3,(H2,23,24,25);1H. The first-order valence-electron chi connectivity index (χ1n) is 9.49. The summed E-state index contributed by atoms with van der Waals surface area (Å²) in [5, 5.41) is 6.50. The number of nitrogens with zero attached hydrogens (tertiary/aromatic N) is 2. The van der Waals surface area contributed by atoms with Crippen LogP contribution < -0.4 is 20.1 Å². The molecule has 3 aromatic rings. The molecule has 30 heavy (non-hydrogen) atoms. The Labute approximate surface area is 193 Å². The Bertz CT molecular complexity index is 898. The molecule has 0 radical (unpaired) electrons. The van der Waals surface area contributed by atoms with E-state index in [9.17, 15) is 0 Å². The molecule has 3 rings (SSSR count). The zero-order chi connectivity index (χ0) is 20.3. The van der Waals surface area contributed by atoms with E-state index in [1.54, 1.807) is 20.4 Å². The second kappa shape index (κ2) is 12.7. The molecular weight excluding hydrogens is 495 g/mol. The minimum Gasteiger partial charge on any atom is -0.497 e. The molecular formula is C22H27IN4O3. The zero-order valence-electron chi connectivity index (χ0n) is 17.1. The van der Waals surface area contributed by atoms with Crippen LogP contribution in [0.4, 0.5) is 0 Å². The molecule has 0 aliphatic heterocycles. The number of guanidine groups is 1. The molecule has 0 saturated heterocycles. The van der Waals surface area contributed by atoms with Gasteiger partial charge in [0.15, 0.2) is 5.96 Å². The van der Waals surface area contributed by atoms with Crippen molar-refractivity contribution < 1.29 is 13.9 Å². The van der Waals surface area contributed by atoms with Crippen molar-refractivity contribution in [3.8, 4) is 23.0 Å². The summed E-state index contributed by atoms with van der Waals surface area (Å²) < 4.78 is 16.4. The van der Waals surface area contributed by atoms with Crippen LogP contribution in [0.1, 0.15) is 12.1 Å². The number of benzene rings is 2. The van der Waals surface area contributed by atoms with E-state index in [1.165, 1.54) is 0 Å². The van der Waals surface area contributed by atoms with Crippen LogP contribution in [0.15, 0.2) is 70.3 Å². The van der Waals surface area contributed by atoms with Crippen molar-refractivity contribution in [2.75, 3.05) is 27.3 Å². The third-order valence-electron chi connectivity index (χ3n) is 4.17. The van der Waals surface area contributed by atoms with Gasteiger partial charge < -0.3 is 24.5 Å². The van der Waals surface area contributed by atoms with Crippen molar-refractivity contribution in [3.63, 3.8) is 0 Å². The quantitative estimate of drug-likeness (QED) is 0.191. The molecule has 0 aliphatic carbocycles. The van der Waals surface area contributed by atoms with Gasteiger partial charge in [-0.1, -0.05) is 18.2 Å². The van der Waals surface area contributed by atoms with Crippen molar-refractivity contribution in [2.45, 2.75) is 13.0 Å². The van der Waals surface area contributed by atoms with Gasteiger partial charge in [0.2, 0.25) is 5.89 Å². The van der Waals surface area contributed by atoms with Crippen LogP contribution in [-0.2, 0) is 6.54 Å². The number of ether oxygens (including phenoxy) is 2. The Hall–Kier alpha value is -2.75. The molecule has 0 saturated carbocycles. The molecule has 8 heteroatoms. The lowest BCUT2D eigenvalue weighted by Crippen LogP contribution is -2.37. The Morgan fingerprint density at radius 1 is 1.03 bits per heavy atom. The Morgan fingerprint density at radius 3 is 2.47 bits per heavy atom. The van der Waals surface area contributed by atoms with E-state index >= 15 is 0 Å². The summed E-state index contributed by atoms with van der Waals surface area (Å²) in [6.07, 6.45) is 2.50. The Balaban J connectivity index is 0.00000320. The van der Waals surface area contributed by atoms with Crippen LogP contribution in [0.3, 0.4) is 0 Å². The smallest absolute Gasteiger partial charge is 0.226 e. The molecule has 160 valence electrons. The SMILES string of the molecule is CN=C(NCCCOc1ccc(OC)cc1)NCc1coc(-c2ccccc2)n1.I. The highest BCUT2D eigenvalue weighted by Crippen LogP contribution is 2.18. The number of hydrogen-bond donors (Lipinski definition) is 2. The first-order chi connectivity index (χ1) is 14.3. The highest BCUT2D eigenvalue weighted by molar-refractivity contribution is 14.0. The van der Waals surface area contributed by atoms with Gasteiger partial charge in [-0.05, 0) is 42.8 Å². The third kappa shape index (κ3) is 7.25. The molecule has 1 heterocycles.